The van der Waals surface area contributed by atoms with Crippen LogP contribution in [0.15, 0.2) is 103 Å². The van der Waals surface area contributed by atoms with Crippen LogP contribution in [0.2, 0.25) is 0 Å². The molecule has 4 heterocycles. The molecule has 28 heteroatoms. The maximum atomic E-state index is 12.6. The number of aliphatic hydroxyl groups is 8. The molecule has 0 spiro atoms. The van der Waals surface area contributed by atoms with E-state index in [1.54, 1.807) is 106 Å². The fraction of sp³-hybridized carbons (Fsp3) is 0.429. The minimum atomic E-state index is -0.375. The zero-order valence-electron chi connectivity index (χ0n) is 53.6. The Hall–Kier alpha value is -4.92. The van der Waals surface area contributed by atoms with Crippen LogP contribution in [0, 0.1) is 57.8 Å². The van der Waals surface area contributed by atoms with Gasteiger partial charge in [-0.3, -0.25) is 44.3 Å². The van der Waals surface area contributed by atoms with E-state index < -0.39 is 0 Å². The number of aromatic nitrogens is 12. The molecule has 8 N–H and O–H groups in total. The van der Waals surface area contributed by atoms with E-state index in [1.165, 1.54) is 42.3 Å². The molecule has 0 fully saturated rings. The summed E-state index contributed by atoms with van der Waals surface area (Å²) in [5.74, 6) is 6.36. The molecule has 4 radical (unpaired) electrons. The average Bonchev–Trinajstić information content (AvgIpc) is 1.21. The van der Waals surface area contributed by atoms with Crippen LogP contribution < -0.4 is 9.47 Å². The summed E-state index contributed by atoms with van der Waals surface area (Å²) in [7, 11) is 3.25. The first-order valence-electron chi connectivity index (χ1n) is 27.6. The normalized spacial score (nSPS) is 12.4. The first kappa shape index (κ1) is 92.5. The number of thioether (sulfide) groups is 1. The summed E-state index contributed by atoms with van der Waals surface area (Å²) in [4.78, 5) is 49.9. The molecule has 0 saturated heterocycles. The minimum absolute atomic E-state index is 0. The number of benzene rings is 4. The van der Waals surface area contributed by atoms with Gasteiger partial charge in [-0.25, -0.2) is 19.9 Å². The number of aryl methyl sites for hydroxylation is 4. The second-order valence-electron chi connectivity index (χ2n) is 19.5. The van der Waals surface area contributed by atoms with Crippen molar-refractivity contribution in [3.05, 3.63) is 151 Å². The number of ether oxygens (including phenoxy) is 2. The predicted octanol–water partition coefficient (Wildman–Crippen LogP) is 8.01. The van der Waals surface area contributed by atoms with Crippen molar-refractivity contribution in [1.82, 2.24) is 59.8 Å². The Morgan fingerprint density at radius 3 is 0.879 bits per heavy atom. The molecule has 0 aliphatic heterocycles. The van der Waals surface area contributed by atoms with Crippen molar-refractivity contribution in [2.75, 3.05) is 20.5 Å². The molecule has 4 aromatic carbocycles. The molecule has 0 aliphatic rings. The molecule has 0 amide bonds. The molecule has 0 aliphatic carbocycles. The third-order valence-corrected chi connectivity index (χ3v) is 11.0. The molecular formula is C63H85FIr4N12O10S-4. The SMILES string of the molecule is CC(O)CC(C)O.CC(O)CC(C)O.CC(O)CC(C)O.CC(O)CC(C)O.COc1cc[c-]c(-c2ncnc(C)n2)c1.COc1cc[c-]c(-c2ncnc(C)n2)c1.CSc1c[c-]c(-c2ncnc(C)n2)cc1.Cc1ncnc(-c2[c-]cc(F)cc2)n1.[Ir].[Ir].[Ir].[Ir]. The molecule has 0 saturated carbocycles. The number of hydrogen-bond acceptors (Lipinski definition) is 23. The van der Waals surface area contributed by atoms with E-state index in [-0.39, 0.29) is 135 Å². The zero-order chi connectivity index (χ0) is 65.4. The molecule has 510 valence electrons. The van der Waals surface area contributed by atoms with Gasteiger partial charge in [0.05, 0.1) is 86.3 Å². The summed E-state index contributed by atoms with van der Waals surface area (Å²) in [6, 6.07) is 33.1. The van der Waals surface area contributed by atoms with Crippen molar-refractivity contribution in [3.63, 3.8) is 0 Å². The van der Waals surface area contributed by atoms with Gasteiger partial charge < -0.3 is 50.3 Å². The molecule has 8 aromatic rings. The van der Waals surface area contributed by atoms with E-state index in [4.69, 9.17) is 50.3 Å². The summed E-state index contributed by atoms with van der Waals surface area (Å²) >= 11 is 1.69. The summed E-state index contributed by atoms with van der Waals surface area (Å²) in [5.41, 5.74) is 3.18. The monoisotopic (exact) mass is 1990 g/mol. The molecule has 0 bridgehead atoms. The van der Waals surface area contributed by atoms with Gasteiger partial charge in [-0.05, 0) is 115 Å². The van der Waals surface area contributed by atoms with Gasteiger partial charge in [-0.2, -0.15) is 11.8 Å². The molecule has 4 aromatic heterocycles. The van der Waals surface area contributed by atoms with Crippen LogP contribution in [0.1, 0.15) is 104 Å². The van der Waals surface area contributed by atoms with Crippen LogP contribution in [0.25, 0.3) is 45.6 Å². The van der Waals surface area contributed by atoms with E-state index >= 15 is 0 Å². The molecule has 8 atom stereocenters. The Balaban J connectivity index is -0.000000484. The predicted molar refractivity (Wildman–Crippen MR) is 332 cm³/mol. The first-order chi connectivity index (χ1) is 41.1. The van der Waals surface area contributed by atoms with Crippen molar-refractivity contribution in [2.45, 2.75) is 162 Å². The van der Waals surface area contributed by atoms with Crippen molar-refractivity contribution >= 4 is 11.8 Å². The second-order valence-corrected chi connectivity index (χ2v) is 20.4. The third-order valence-electron chi connectivity index (χ3n) is 10.3. The van der Waals surface area contributed by atoms with Gasteiger partial charge in [0.2, 0.25) is 0 Å². The quantitative estimate of drug-likeness (QED) is 0.0356. The average molecular weight is 1990 g/mol. The molecular weight excluding hydrogens is 1900 g/mol. The first-order valence-corrected chi connectivity index (χ1v) is 28.8. The van der Waals surface area contributed by atoms with Crippen molar-refractivity contribution in [2.24, 2.45) is 0 Å². The van der Waals surface area contributed by atoms with Gasteiger partial charge in [0, 0.05) is 97.7 Å². The number of nitrogens with zero attached hydrogens (tertiary/aromatic N) is 12. The summed E-state index contributed by atoms with van der Waals surface area (Å²) < 4.78 is 22.8. The van der Waals surface area contributed by atoms with Crippen LogP contribution >= 0.6 is 11.8 Å². The Morgan fingerprint density at radius 1 is 0.396 bits per heavy atom. The van der Waals surface area contributed by atoms with Gasteiger partial charge in [0.1, 0.15) is 48.6 Å². The van der Waals surface area contributed by atoms with Crippen LogP contribution in [0.5, 0.6) is 11.5 Å². The number of hydrogen-bond donors (Lipinski definition) is 8. The van der Waals surface area contributed by atoms with Gasteiger partial charge in [0.15, 0.2) is 0 Å². The minimum Gasteiger partial charge on any atom is -0.516 e. The van der Waals surface area contributed by atoms with Crippen LogP contribution in [0.3, 0.4) is 0 Å². The summed E-state index contributed by atoms with van der Waals surface area (Å²) in [6.45, 7) is 20.5. The fourth-order valence-corrected chi connectivity index (χ4v) is 7.01. The van der Waals surface area contributed by atoms with E-state index in [2.05, 4.69) is 84.1 Å². The van der Waals surface area contributed by atoms with Crippen LogP contribution in [-0.4, -0.2) is 170 Å². The molecule has 8 unspecified atom stereocenters. The van der Waals surface area contributed by atoms with Gasteiger partial charge in [-0.15, -0.1) is 107 Å². The van der Waals surface area contributed by atoms with Crippen molar-refractivity contribution < 1.29 is 135 Å². The largest absolute Gasteiger partial charge is 0.516 e. The van der Waals surface area contributed by atoms with E-state index in [0.717, 1.165) is 34.0 Å². The molecule has 8 rings (SSSR count). The number of halogens is 1. The van der Waals surface area contributed by atoms with Crippen molar-refractivity contribution in [3.8, 4) is 57.1 Å². The Labute approximate surface area is 593 Å². The van der Waals surface area contributed by atoms with Gasteiger partial charge in [-0.1, -0.05) is 17.0 Å². The standard InChI is InChI=1S/2C11H10N3O.C11H10N3S.C10H7FN3.4C5H12O2.4Ir/c2*1-8-12-7-13-11(14-8)9-4-3-5-10(6-9)15-2;1-8-12-7-13-11(14-8)9-3-5-10(15-2)6-4-9;1-7-12-6-13-10(14-7)8-2-4-9(11)5-3-8;4*1-4(6)3-5(2)7;;;;/h3*3,5-7H,1-2H3;2,4-6H,1H3;4*4-7H,3H2,1-2H3;;;;/q4*-1;;;;;;;;. The van der Waals surface area contributed by atoms with E-state index in [0.29, 0.717) is 72.0 Å². The summed E-state index contributed by atoms with van der Waals surface area (Å²) in [6.07, 6.45) is 6.86. The molecule has 22 nitrogen and oxygen atoms in total. The number of methoxy groups -OCH3 is 2. The van der Waals surface area contributed by atoms with Gasteiger partial charge >= 0.3 is 0 Å². The summed E-state index contributed by atoms with van der Waals surface area (Å²) in [5, 5.41) is 68.5. The van der Waals surface area contributed by atoms with E-state index in [9.17, 15) is 4.39 Å². The molecule has 91 heavy (non-hydrogen) atoms. The topological polar surface area (TPSA) is 335 Å². The van der Waals surface area contributed by atoms with Crippen LogP contribution in [0.4, 0.5) is 4.39 Å². The maximum absolute atomic E-state index is 12.6. The maximum Gasteiger partial charge on any atom is 0.119 e. The second kappa shape index (κ2) is 53.4. The number of aliphatic hydroxyl groups excluding tert-OH is 8. The fourth-order valence-electron chi connectivity index (χ4n) is 6.63. The Morgan fingerprint density at radius 2 is 0.670 bits per heavy atom. The van der Waals surface area contributed by atoms with Gasteiger partial charge in [0.25, 0.3) is 0 Å². The van der Waals surface area contributed by atoms with Crippen molar-refractivity contribution in [1.29, 1.82) is 0 Å². The smallest absolute Gasteiger partial charge is 0.119 e. The number of rotatable bonds is 15. The zero-order valence-corrected chi connectivity index (χ0v) is 64.0. The van der Waals surface area contributed by atoms with E-state index in [1.807, 2.05) is 69.5 Å². The third kappa shape index (κ3) is 45.9. The Bertz CT molecular complexity index is 2930. The van der Waals surface area contributed by atoms with Crippen LogP contribution in [-0.2, 0) is 80.4 Å². The Kier molecular flexibility index (Phi) is 54.3.